The molecule has 106 valence electrons. The Morgan fingerprint density at radius 3 is 2.35 bits per heavy atom. The molecule has 0 aliphatic carbocycles. The molecule has 0 aromatic carbocycles. The predicted octanol–water partition coefficient (Wildman–Crippen LogP) is 1.75. The summed E-state index contributed by atoms with van der Waals surface area (Å²) >= 11 is 0. The number of hydrogen-bond donors (Lipinski definition) is 1. The van der Waals surface area contributed by atoms with Gasteiger partial charge < -0.3 is 10.2 Å². The first kappa shape index (κ1) is 14.2. The third-order valence-electron chi connectivity index (χ3n) is 3.05. The average molecular weight is 272 g/mol. The first-order valence-electron chi connectivity index (χ1n) is 6.83. The zero-order valence-corrected chi connectivity index (χ0v) is 12.2. The highest BCUT2D eigenvalue weighted by atomic mass is 15.3. The normalized spacial score (nSPS) is 10.3. The van der Waals surface area contributed by atoms with Crippen LogP contribution < -0.4 is 10.2 Å². The summed E-state index contributed by atoms with van der Waals surface area (Å²) in [4.78, 5) is 19.5. The van der Waals surface area contributed by atoms with E-state index >= 15 is 0 Å². The van der Waals surface area contributed by atoms with Gasteiger partial charge in [-0.05, 0) is 31.5 Å². The minimum absolute atomic E-state index is 0.603. The van der Waals surface area contributed by atoms with Crippen molar-refractivity contribution in [3.63, 3.8) is 0 Å². The van der Waals surface area contributed by atoms with Gasteiger partial charge in [-0.25, -0.2) is 0 Å². The highest BCUT2D eigenvalue weighted by Crippen LogP contribution is 2.12. The van der Waals surface area contributed by atoms with Gasteiger partial charge in [0.05, 0.1) is 0 Å². The van der Waals surface area contributed by atoms with Crippen LogP contribution in [0.5, 0.6) is 0 Å². The van der Waals surface area contributed by atoms with E-state index in [1.54, 1.807) is 12.4 Å². The molecule has 6 nitrogen and oxygen atoms in total. The second-order valence-electron chi connectivity index (χ2n) is 4.33. The molecule has 0 aliphatic rings. The van der Waals surface area contributed by atoms with Crippen LogP contribution >= 0.6 is 0 Å². The zero-order chi connectivity index (χ0) is 14.4. The Kier molecular flexibility index (Phi) is 4.81. The molecule has 1 N–H and O–H groups in total. The molecule has 2 aromatic rings. The molecular weight excluding hydrogens is 252 g/mol. The van der Waals surface area contributed by atoms with Gasteiger partial charge >= 0.3 is 0 Å². The van der Waals surface area contributed by atoms with Crippen LogP contribution in [0.15, 0.2) is 24.5 Å². The maximum atomic E-state index is 4.56. The zero-order valence-electron chi connectivity index (χ0n) is 12.2. The largest absolute Gasteiger partial charge is 0.357 e. The molecule has 6 heteroatoms. The summed E-state index contributed by atoms with van der Waals surface area (Å²) in [5.41, 5.74) is 1.14. The first-order valence-corrected chi connectivity index (χ1v) is 6.83. The van der Waals surface area contributed by atoms with Crippen LogP contribution in [-0.4, -0.2) is 40.1 Å². The van der Waals surface area contributed by atoms with E-state index in [4.69, 9.17) is 0 Å². The quantitative estimate of drug-likeness (QED) is 0.864. The van der Waals surface area contributed by atoms with Crippen molar-refractivity contribution in [3.8, 4) is 0 Å². The summed E-state index contributed by atoms with van der Waals surface area (Å²) < 4.78 is 0. The Bertz CT molecular complexity index is 539. The van der Waals surface area contributed by atoms with Crippen molar-refractivity contribution in [1.29, 1.82) is 0 Å². The van der Waals surface area contributed by atoms with Crippen molar-refractivity contribution < 1.29 is 0 Å². The summed E-state index contributed by atoms with van der Waals surface area (Å²) in [6, 6.07) is 3.94. The number of nitrogens with one attached hydrogen (secondary N) is 1. The van der Waals surface area contributed by atoms with E-state index in [0.717, 1.165) is 30.4 Å². The van der Waals surface area contributed by atoms with Crippen molar-refractivity contribution >= 4 is 11.9 Å². The van der Waals surface area contributed by atoms with Gasteiger partial charge in [0, 0.05) is 39.0 Å². The fourth-order valence-electron chi connectivity index (χ4n) is 1.93. The summed E-state index contributed by atoms with van der Waals surface area (Å²) in [6.45, 7) is 5.93. The molecule has 0 saturated heterocycles. The Morgan fingerprint density at radius 2 is 1.75 bits per heavy atom. The number of aromatic nitrogens is 4. The minimum atomic E-state index is 0.603. The summed E-state index contributed by atoms with van der Waals surface area (Å²) in [6.07, 6.45) is 4.23. The summed E-state index contributed by atoms with van der Waals surface area (Å²) in [5, 5.41) is 3.00. The van der Waals surface area contributed by atoms with Crippen molar-refractivity contribution in [2.45, 2.75) is 20.3 Å². The molecule has 0 atom stereocenters. The van der Waals surface area contributed by atoms with Crippen molar-refractivity contribution in [2.24, 2.45) is 0 Å². The molecule has 0 saturated carbocycles. The lowest BCUT2D eigenvalue weighted by molar-refractivity contribution is 0.795. The van der Waals surface area contributed by atoms with Gasteiger partial charge in [0.25, 0.3) is 0 Å². The molecule has 0 radical (unpaired) electrons. The SMILES string of the molecule is CCN(CC)c1nc(Cc2ccncc2)nc(NC)n1. The highest BCUT2D eigenvalue weighted by Gasteiger charge is 2.10. The average Bonchev–Trinajstić information content (AvgIpc) is 2.49. The molecule has 0 amide bonds. The van der Waals surface area contributed by atoms with Crippen molar-refractivity contribution in [2.75, 3.05) is 30.4 Å². The lowest BCUT2D eigenvalue weighted by Gasteiger charge is -2.19. The maximum absolute atomic E-state index is 4.56. The Labute approximate surface area is 119 Å². The third kappa shape index (κ3) is 3.40. The van der Waals surface area contributed by atoms with E-state index < -0.39 is 0 Å². The molecule has 2 aromatic heterocycles. The van der Waals surface area contributed by atoms with Gasteiger partial charge in [-0.3, -0.25) is 4.98 Å². The van der Waals surface area contributed by atoms with Gasteiger partial charge in [0.2, 0.25) is 11.9 Å². The number of anilines is 2. The number of pyridine rings is 1. The van der Waals surface area contributed by atoms with Crippen LogP contribution in [0.1, 0.15) is 25.2 Å². The van der Waals surface area contributed by atoms with Gasteiger partial charge in [0.15, 0.2) is 0 Å². The molecule has 0 spiro atoms. The van der Waals surface area contributed by atoms with Crippen LogP contribution in [0.2, 0.25) is 0 Å². The molecule has 0 fully saturated rings. The number of hydrogen-bond acceptors (Lipinski definition) is 6. The van der Waals surface area contributed by atoms with Crippen LogP contribution in [0.4, 0.5) is 11.9 Å². The molecule has 20 heavy (non-hydrogen) atoms. The fourth-order valence-corrected chi connectivity index (χ4v) is 1.93. The van der Waals surface area contributed by atoms with Gasteiger partial charge in [-0.2, -0.15) is 15.0 Å². The van der Waals surface area contributed by atoms with Crippen LogP contribution in [-0.2, 0) is 6.42 Å². The second kappa shape index (κ2) is 6.79. The van der Waals surface area contributed by atoms with Crippen molar-refractivity contribution in [3.05, 3.63) is 35.9 Å². The van der Waals surface area contributed by atoms with E-state index in [1.165, 1.54) is 0 Å². The van der Waals surface area contributed by atoms with Crippen molar-refractivity contribution in [1.82, 2.24) is 19.9 Å². The molecule has 0 aliphatic heterocycles. The van der Waals surface area contributed by atoms with Crippen LogP contribution in [0.25, 0.3) is 0 Å². The van der Waals surface area contributed by atoms with Crippen LogP contribution in [0, 0.1) is 0 Å². The highest BCUT2D eigenvalue weighted by molar-refractivity contribution is 5.37. The molecule has 2 rings (SSSR count). The topological polar surface area (TPSA) is 66.8 Å². The van der Waals surface area contributed by atoms with E-state index in [2.05, 4.69) is 44.0 Å². The minimum Gasteiger partial charge on any atom is -0.357 e. The lowest BCUT2D eigenvalue weighted by atomic mass is 10.2. The lowest BCUT2D eigenvalue weighted by Crippen LogP contribution is -2.25. The standard InChI is InChI=1S/C14H20N6/c1-4-20(5-2)14-18-12(17-13(15-3)19-14)10-11-6-8-16-9-7-11/h6-9H,4-5,10H2,1-3H3,(H,15,17,18,19). The predicted molar refractivity (Wildman–Crippen MR) is 80.0 cm³/mol. The summed E-state index contributed by atoms with van der Waals surface area (Å²) in [5.74, 6) is 2.09. The van der Waals surface area contributed by atoms with Gasteiger partial charge in [0.1, 0.15) is 5.82 Å². The molecule has 0 unspecified atom stereocenters. The second-order valence-corrected chi connectivity index (χ2v) is 4.33. The third-order valence-corrected chi connectivity index (χ3v) is 3.05. The van der Waals surface area contributed by atoms with Gasteiger partial charge in [-0.15, -0.1) is 0 Å². The van der Waals surface area contributed by atoms with E-state index in [1.807, 2.05) is 19.2 Å². The Morgan fingerprint density at radius 1 is 1.05 bits per heavy atom. The van der Waals surface area contributed by atoms with E-state index in [9.17, 15) is 0 Å². The van der Waals surface area contributed by atoms with E-state index in [0.29, 0.717) is 12.4 Å². The van der Waals surface area contributed by atoms with E-state index in [-0.39, 0.29) is 0 Å². The Balaban J connectivity index is 2.30. The first-order chi connectivity index (χ1) is 9.76. The van der Waals surface area contributed by atoms with Crippen LogP contribution in [0.3, 0.4) is 0 Å². The smallest absolute Gasteiger partial charge is 0.230 e. The monoisotopic (exact) mass is 272 g/mol. The number of rotatable bonds is 6. The number of nitrogens with zero attached hydrogens (tertiary/aromatic N) is 5. The molecule has 2 heterocycles. The molecule has 0 bridgehead atoms. The summed E-state index contributed by atoms with van der Waals surface area (Å²) in [7, 11) is 1.82. The molecular formula is C14H20N6. The maximum Gasteiger partial charge on any atom is 0.230 e. The fraction of sp³-hybridized carbons (Fsp3) is 0.429. The van der Waals surface area contributed by atoms with Gasteiger partial charge in [-0.1, -0.05) is 0 Å². The Hall–Kier alpha value is -2.24.